The lowest BCUT2D eigenvalue weighted by atomic mass is 10.1. The minimum absolute atomic E-state index is 0.0965. The highest BCUT2D eigenvalue weighted by atomic mass is 32.2. The Hall–Kier alpha value is -1.68. The fourth-order valence-electron chi connectivity index (χ4n) is 1.70. The monoisotopic (exact) mass is 262 g/mol. The maximum Gasteiger partial charge on any atom is 0.304 e. The summed E-state index contributed by atoms with van der Waals surface area (Å²) in [5, 5.41) is 8.91. The average Bonchev–Trinajstić information content (AvgIpc) is 2.75. The van der Waals surface area contributed by atoms with Crippen LogP contribution in [0.5, 0.6) is 0 Å². The van der Waals surface area contributed by atoms with Crippen molar-refractivity contribution >= 4 is 17.7 Å². The zero-order valence-electron chi connectivity index (χ0n) is 10.00. The largest absolute Gasteiger partial charge is 0.481 e. The molecule has 0 saturated heterocycles. The van der Waals surface area contributed by atoms with E-state index in [0.717, 1.165) is 16.2 Å². The lowest BCUT2D eigenvalue weighted by Crippen LogP contribution is -2.03. The van der Waals surface area contributed by atoms with Gasteiger partial charge in [-0.2, -0.15) is 0 Å². The number of rotatable bonds is 5. The normalized spacial score (nSPS) is 12.3. The third kappa shape index (κ3) is 3.17. The summed E-state index contributed by atoms with van der Waals surface area (Å²) in [5.41, 5.74) is 1.02. The Bertz CT molecular complexity index is 519. The second kappa shape index (κ2) is 5.78. The van der Waals surface area contributed by atoms with E-state index in [1.54, 1.807) is 6.26 Å². The highest BCUT2D eigenvalue weighted by molar-refractivity contribution is 7.99. The first-order valence-electron chi connectivity index (χ1n) is 5.64. The molecule has 3 nitrogen and oxygen atoms in total. The zero-order chi connectivity index (χ0) is 13.0. The Morgan fingerprint density at radius 3 is 2.61 bits per heavy atom. The van der Waals surface area contributed by atoms with Gasteiger partial charge in [0.1, 0.15) is 5.76 Å². The predicted molar refractivity (Wildman–Crippen MR) is 70.7 cm³/mol. The number of aliphatic carboxylic acids is 1. The number of carbonyl (C=O) groups is 1. The molecule has 0 bridgehead atoms. The summed E-state index contributed by atoms with van der Waals surface area (Å²) >= 11 is 1.53. The molecule has 1 heterocycles. The van der Waals surface area contributed by atoms with Gasteiger partial charge < -0.3 is 9.52 Å². The molecule has 0 aliphatic heterocycles. The van der Waals surface area contributed by atoms with Crippen LogP contribution in [0.1, 0.15) is 23.0 Å². The van der Waals surface area contributed by atoms with Crippen molar-refractivity contribution in [2.24, 2.45) is 0 Å². The Morgan fingerprint density at radius 2 is 2.06 bits per heavy atom. The smallest absolute Gasteiger partial charge is 0.304 e. The summed E-state index contributed by atoms with van der Waals surface area (Å²) in [5.74, 6) is 0.0313. The standard InChI is InChI=1S/C14H14O3S/c1-10-12(7-8-17-10)18-13(9-14(15)16)11-5-3-2-4-6-11/h2-8,13H,9H2,1H3,(H,15,16). The van der Waals surface area contributed by atoms with E-state index >= 15 is 0 Å². The number of carboxylic acids is 1. The lowest BCUT2D eigenvalue weighted by molar-refractivity contribution is -0.137. The fourth-order valence-corrected chi connectivity index (χ4v) is 2.88. The Balaban J connectivity index is 2.21. The van der Waals surface area contributed by atoms with Gasteiger partial charge in [0.25, 0.3) is 0 Å². The van der Waals surface area contributed by atoms with Crippen molar-refractivity contribution < 1.29 is 14.3 Å². The van der Waals surface area contributed by atoms with E-state index in [1.807, 2.05) is 43.3 Å². The van der Waals surface area contributed by atoms with Crippen molar-refractivity contribution in [1.82, 2.24) is 0 Å². The second-order valence-electron chi connectivity index (χ2n) is 3.96. The van der Waals surface area contributed by atoms with Gasteiger partial charge in [0.05, 0.1) is 12.7 Å². The molecule has 4 heteroatoms. The number of aryl methyl sites for hydroxylation is 1. The minimum atomic E-state index is -0.794. The SMILES string of the molecule is Cc1occc1SC(CC(=O)O)c1ccccc1. The zero-order valence-corrected chi connectivity index (χ0v) is 10.8. The van der Waals surface area contributed by atoms with Gasteiger partial charge in [0.2, 0.25) is 0 Å². The van der Waals surface area contributed by atoms with E-state index in [0.29, 0.717) is 0 Å². The number of thioether (sulfide) groups is 1. The van der Waals surface area contributed by atoms with Crippen molar-refractivity contribution in [1.29, 1.82) is 0 Å². The first-order chi connectivity index (χ1) is 8.66. The molecule has 18 heavy (non-hydrogen) atoms. The van der Waals surface area contributed by atoms with E-state index in [9.17, 15) is 4.79 Å². The predicted octanol–water partition coefficient (Wildman–Crippen LogP) is 3.90. The molecule has 1 N–H and O–H groups in total. The van der Waals surface area contributed by atoms with E-state index in [1.165, 1.54) is 11.8 Å². The van der Waals surface area contributed by atoms with Gasteiger partial charge in [-0.15, -0.1) is 11.8 Å². The van der Waals surface area contributed by atoms with Crippen molar-refractivity contribution in [3.8, 4) is 0 Å². The molecule has 1 aromatic heterocycles. The van der Waals surface area contributed by atoms with Gasteiger partial charge in [-0.3, -0.25) is 4.79 Å². The molecule has 0 amide bonds. The molecule has 1 aromatic carbocycles. The summed E-state index contributed by atoms with van der Waals surface area (Å²) < 4.78 is 5.24. The third-order valence-corrected chi connectivity index (χ3v) is 4.01. The summed E-state index contributed by atoms with van der Waals surface area (Å²) in [7, 11) is 0. The third-order valence-electron chi connectivity index (χ3n) is 2.61. The molecule has 0 spiro atoms. The molecule has 1 atom stereocenters. The first kappa shape index (κ1) is 12.8. The lowest BCUT2D eigenvalue weighted by Gasteiger charge is -2.14. The van der Waals surface area contributed by atoms with E-state index in [4.69, 9.17) is 9.52 Å². The molecule has 1 unspecified atom stereocenters. The molecular weight excluding hydrogens is 248 g/mol. The van der Waals surface area contributed by atoms with Crippen molar-refractivity contribution in [3.05, 3.63) is 54.0 Å². The van der Waals surface area contributed by atoms with Gasteiger partial charge in [-0.05, 0) is 18.6 Å². The van der Waals surface area contributed by atoms with Crippen LogP contribution < -0.4 is 0 Å². The molecule has 0 aliphatic rings. The second-order valence-corrected chi connectivity index (χ2v) is 5.20. The minimum Gasteiger partial charge on any atom is -0.481 e. The van der Waals surface area contributed by atoms with E-state index in [-0.39, 0.29) is 11.7 Å². The van der Waals surface area contributed by atoms with Gasteiger partial charge >= 0.3 is 5.97 Å². The fraction of sp³-hybridized carbons (Fsp3) is 0.214. The highest BCUT2D eigenvalue weighted by Gasteiger charge is 2.18. The molecule has 0 aliphatic carbocycles. The Kier molecular flexibility index (Phi) is 4.10. The van der Waals surface area contributed by atoms with E-state index in [2.05, 4.69) is 0 Å². The van der Waals surface area contributed by atoms with E-state index < -0.39 is 5.97 Å². The number of hydrogen-bond donors (Lipinski definition) is 1. The quantitative estimate of drug-likeness (QED) is 0.830. The maximum atomic E-state index is 11.0. The van der Waals surface area contributed by atoms with Gasteiger partial charge in [-0.25, -0.2) is 0 Å². The topological polar surface area (TPSA) is 50.4 Å². The summed E-state index contributed by atoms with van der Waals surface area (Å²) in [4.78, 5) is 12.0. The van der Waals surface area contributed by atoms with Crippen LogP contribution in [0.2, 0.25) is 0 Å². The van der Waals surface area contributed by atoms with Crippen LogP contribution in [0.4, 0.5) is 0 Å². The summed E-state index contributed by atoms with van der Waals surface area (Å²) in [6.45, 7) is 1.88. The van der Waals surface area contributed by atoms with Crippen molar-refractivity contribution in [3.63, 3.8) is 0 Å². The van der Waals surface area contributed by atoms with Crippen molar-refractivity contribution in [2.75, 3.05) is 0 Å². The van der Waals surface area contributed by atoms with Crippen LogP contribution >= 0.6 is 11.8 Å². The molecule has 0 radical (unpaired) electrons. The van der Waals surface area contributed by atoms with Gasteiger partial charge in [0.15, 0.2) is 0 Å². The van der Waals surface area contributed by atoms with Gasteiger partial charge in [0, 0.05) is 10.1 Å². The number of carboxylic acid groups (broad SMARTS) is 1. The highest BCUT2D eigenvalue weighted by Crippen LogP contribution is 2.39. The average molecular weight is 262 g/mol. The summed E-state index contributed by atoms with van der Waals surface area (Å²) in [6, 6.07) is 11.6. The van der Waals surface area contributed by atoms with Crippen LogP contribution in [0, 0.1) is 6.92 Å². The molecular formula is C14H14O3S. The molecule has 0 saturated carbocycles. The first-order valence-corrected chi connectivity index (χ1v) is 6.52. The maximum absolute atomic E-state index is 11.0. The molecule has 94 valence electrons. The molecule has 2 rings (SSSR count). The number of hydrogen-bond acceptors (Lipinski definition) is 3. The number of benzene rings is 1. The Labute approximate surface area is 110 Å². The Morgan fingerprint density at radius 1 is 1.33 bits per heavy atom. The molecule has 2 aromatic rings. The van der Waals surface area contributed by atoms with Crippen molar-refractivity contribution in [2.45, 2.75) is 23.5 Å². The van der Waals surface area contributed by atoms with Crippen LogP contribution in [0.25, 0.3) is 0 Å². The van der Waals surface area contributed by atoms with Crippen LogP contribution in [0.3, 0.4) is 0 Å². The van der Waals surface area contributed by atoms with Gasteiger partial charge in [-0.1, -0.05) is 30.3 Å². The van der Waals surface area contributed by atoms with Crippen LogP contribution in [-0.4, -0.2) is 11.1 Å². The number of furan rings is 1. The summed E-state index contributed by atoms with van der Waals surface area (Å²) in [6.07, 6.45) is 1.72. The van der Waals surface area contributed by atoms with Crippen LogP contribution in [-0.2, 0) is 4.79 Å². The molecule has 0 fully saturated rings. The van der Waals surface area contributed by atoms with Crippen LogP contribution in [0.15, 0.2) is 52.0 Å².